The van der Waals surface area contributed by atoms with Crippen molar-refractivity contribution in [2.45, 2.75) is 52.0 Å². The van der Waals surface area contributed by atoms with Crippen molar-refractivity contribution in [1.29, 1.82) is 0 Å². The fourth-order valence-electron chi connectivity index (χ4n) is 4.94. The Bertz CT molecular complexity index is 1070. The van der Waals surface area contributed by atoms with E-state index in [0.717, 1.165) is 24.9 Å². The Balaban J connectivity index is 0.00000119. The predicted molar refractivity (Wildman–Crippen MR) is 121 cm³/mol. The molecule has 5 rings (SSSR count). The number of rotatable bonds is 4. The van der Waals surface area contributed by atoms with Crippen molar-refractivity contribution in [3.05, 3.63) is 63.6 Å². The third-order valence-electron chi connectivity index (χ3n) is 6.38. The summed E-state index contributed by atoms with van der Waals surface area (Å²) in [4.78, 5) is 43.2. The predicted octanol–water partition coefficient (Wildman–Crippen LogP) is 2.07. The molecule has 0 unspecified atom stereocenters. The van der Waals surface area contributed by atoms with Gasteiger partial charge in [-0.15, -0.1) is 0 Å². The molecule has 3 aliphatic rings. The third-order valence-corrected chi connectivity index (χ3v) is 6.38. The highest BCUT2D eigenvalue weighted by molar-refractivity contribution is 5.99. The molecular formula is C24H30N4O4. The number of fused-ring (bicyclic) bond motifs is 4. The minimum absolute atomic E-state index is 0.0104. The number of benzene rings is 1. The Hall–Kier alpha value is -3.13. The molecule has 8 heteroatoms. The second kappa shape index (κ2) is 9.16. The molecule has 0 bridgehead atoms. The summed E-state index contributed by atoms with van der Waals surface area (Å²) in [5.41, 5.74) is 0.608. The summed E-state index contributed by atoms with van der Waals surface area (Å²) >= 11 is 0. The molecule has 170 valence electrons. The summed E-state index contributed by atoms with van der Waals surface area (Å²) in [7, 11) is 1.37. The molecule has 0 spiro atoms. The van der Waals surface area contributed by atoms with Crippen LogP contribution >= 0.6 is 0 Å². The van der Waals surface area contributed by atoms with Crippen LogP contribution in [0.25, 0.3) is 0 Å². The highest BCUT2D eigenvalue weighted by Crippen LogP contribution is 2.35. The topological polar surface area (TPSA) is 83.9 Å². The maximum atomic E-state index is 13.2. The molecule has 8 nitrogen and oxygen atoms in total. The summed E-state index contributed by atoms with van der Waals surface area (Å²) in [6.07, 6.45) is 3.69. The molecule has 2 amide bonds. The van der Waals surface area contributed by atoms with Crippen LogP contribution in [-0.2, 0) is 13.1 Å². The van der Waals surface area contributed by atoms with Gasteiger partial charge in [0.25, 0.3) is 11.8 Å². The Morgan fingerprint density at radius 3 is 2.62 bits per heavy atom. The van der Waals surface area contributed by atoms with Crippen LogP contribution in [0.2, 0.25) is 0 Å². The first kappa shape index (κ1) is 22.1. The number of carbonyl (C=O) groups excluding carboxylic acids is 2. The van der Waals surface area contributed by atoms with Crippen molar-refractivity contribution in [2.24, 2.45) is 0 Å². The number of hydrogen-bond donors (Lipinski definition) is 1. The Morgan fingerprint density at radius 1 is 1.16 bits per heavy atom. The van der Waals surface area contributed by atoms with E-state index < -0.39 is 11.3 Å². The molecule has 1 aromatic heterocycles. The minimum Gasteiger partial charge on any atom is -0.491 e. The lowest BCUT2D eigenvalue weighted by Crippen LogP contribution is -2.50. The van der Waals surface area contributed by atoms with Crippen LogP contribution in [0.3, 0.4) is 0 Å². The van der Waals surface area contributed by atoms with Crippen molar-refractivity contribution in [2.75, 3.05) is 20.2 Å². The van der Waals surface area contributed by atoms with Gasteiger partial charge >= 0.3 is 0 Å². The number of ether oxygens (including phenoxy) is 1. The maximum Gasteiger partial charge on any atom is 0.275 e. The van der Waals surface area contributed by atoms with Crippen LogP contribution in [0.5, 0.6) is 5.75 Å². The molecule has 3 aliphatic heterocycles. The standard InChI is InChI=1S/C22H24N4O4.C2H6/c1-30-20-18-22(29)26-11-15-8-5-9-25(15)17(26)13-24(18)12-16(19(20)27)21(28)23-10-14-6-3-2-4-7-14;1-2/h2-4,6-7,12,15,17H,5,8-11,13H2,1H3,(H,23,28);1-2H3/t15-,17+;/m0./s1. The van der Waals surface area contributed by atoms with E-state index in [-0.39, 0.29) is 29.1 Å². The van der Waals surface area contributed by atoms with E-state index in [1.54, 1.807) is 4.57 Å². The van der Waals surface area contributed by atoms with Crippen molar-refractivity contribution >= 4 is 11.8 Å². The Morgan fingerprint density at radius 2 is 1.91 bits per heavy atom. The largest absolute Gasteiger partial charge is 0.491 e. The normalized spacial score (nSPS) is 21.2. The van der Waals surface area contributed by atoms with E-state index in [2.05, 4.69) is 10.2 Å². The number of hydrogen-bond acceptors (Lipinski definition) is 5. The van der Waals surface area contributed by atoms with Crippen LogP contribution < -0.4 is 15.5 Å². The van der Waals surface area contributed by atoms with Gasteiger partial charge < -0.3 is 19.5 Å². The monoisotopic (exact) mass is 438 g/mol. The quantitative estimate of drug-likeness (QED) is 0.790. The second-order valence-electron chi connectivity index (χ2n) is 8.05. The van der Waals surface area contributed by atoms with E-state index in [1.807, 2.05) is 49.1 Å². The lowest BCUT2D eigenvalue weighted by atomic mass is 10.1. The van der Waals surface area contributed by atoms with Crippen LogP contribution in [0.15, 0.2) is 41.3 Å². The van der Waals surface area contributed by atoms with E-state index in [0.29, 0.717) is 25.7 Å². The molecule has 32 heavy (non-hydrogen) atoms. The van der Waals surface area contributed by atoms with Gasteiger partial charge in [-0.25, -0.2) is 0 Å². The fourth-order valence-corrected chi connectivity index (χ4v) is 4.94. The number of methoxy groups -OCH3 is 1. The highest BCUT2D eigenvalue weighted by atomic mass is 16.5. The first-order valence-corrected chi connectivity index (χ1v) is 11.3. The summed E-state index contributed by atoms with van der Waals surface area (Å²) in [6, 6.07) is 9.87. The minimum atomic E-state index is -0.555. The van der Waals surface area contributed by atoms with Crippen LogP contribution in [-0.4, -0.2) is 58.6 Å². The molecule has 2 fully saturated rings. The van der Waals surface area contributed by atoms with E-state index >= 15 is 0 Å². The molecule has 2 aromatic rings. The van der Waals surface area contributed by atoms with E-state index in [9.17, 15) is 14.4 Å². The summed E-state index contributed by atoms with van der Waals surface area (Å²) in [5.74, 6) is -0.735. The number of carbonyl (C=O) groups is 2. The average molecular weight is 439 g/mol. The first-order valence-electron chi connectivity index (χ1n) is 11.3. The second-order valence-corrected chi connectivity index (χ2v) is 8.05. The van der Waals surface area contributed by atoms with Crippen LogP contribution in [0, 0.1) is 0 Å². The lowest BCUT2D eigenvalue weighted by Gasteiger charge is -2.36. The molecule has 1 aromatic carbocycles. The zero-order valence-electron chi connectivity index (χ0n) is 18.8. The number of pyridine rings is 1. The molecule has 2 atom stereocenters. The lowest BCUT2D eigenvalue weighted by molar-refractivity contribution is 0.0513. The number of nitrogens with one attached hydrogen (secondary N) is 1. The summed E-state index contributed by atoms with van der Waals surface area (Å²) in [6.45, 7) is 6.48. The molecule has 1 N–H and O–H groups in total. The zero-order chi connectivity index (χ0) is 22.8. The maximum absolute atomic E-state index is 13.2. The van der Waals surface area contributed by atoms with Crippen LogP contribution in [0.1, 0.15) is 53.1 Å². The molecule has 0 saturated carbocycles. The molecule has 0 aliphatic carbocycles. The highest BCUT2D eigenvalue weighted by Gasteiger charge is 2.48. The number of amides is 2. The Labute approximate surface area is 187 Å². The molecular weight excluding hydrogens is 408 g/mol. The van der Waals surface area contributed by atoms with Crippen molar-refractivity contribution in [3.8, 4) is 5.75 Å². The van der Waals surface area contributed by atoms with E-state index in [4.69, 9.17) is 4.74 Å². The van der Waals surface area contributed by atoms with Gasteiger partial charge in [-0.05, 0) is 18.4 Å². The van der Waals surface area contributed by atoms with Gasteiger partial charge in [-0.2, -0.15) is 0 Å². The molecule has 4 heterocycles. The summed E-state index contributed by atoms with van der Waals surface area (Å²) in [5, 5.41) is 2.80. The van der Waals surface area contributed by atoms with Gasteiger partial charge in [0.05, 0.1) is 13.7 Å². The Kier molecular flexibility index (Phi) is 6.32. The molecule has 0 radical (unpaired) electrons. The van der Waals surface area contributed by atoms with Crippen molar-refractivity contribution in [3.63, 3.8) is 0 Å². The van der Waals surface area contributed by atoms with Gasteiger partial charge in [-0.3, -0.25) is 19.3 Å². The smallest absolute Gasteiger partial charge is 0.275 e. The number of nitrogens with zero attached hydrogens (tertiary/aromatic N) is 3. The third kappa shape index (κ3) is 3.68. The van der Waals surface area contributed by atoms with Gasteiger partial charge in [0.15, 0.2) is 11.4 Å². The fraction of sp³-hybridized carbons (Fsp3) is 0.458. The average Bonchev–Trinajstić information content (AvgIpc) is 3.42. The SMILES string of the molecule is CC.COc1c2n(cc(C(=O)NCc3ccccc3)c1=O)C[C@H]1N(C[C@@H]3CCCN31)C2=O. The van der Waals surface area contributed by atoms with Crippen molar-refractivity contribution in [1.82, 2.24) is 19.7 Å². The summed E-state index contributed by atoms with van der Waals surface area (Å²) < 4.78 is 7.06. The van der Waals surface area contributed by atoms with Crippen molar-refractivity contribution < 1.29 is 14.3 Å². The van der Waals surface area contributed by atoms with Crippen LogP contribution in [0.4, 0.5) is 0 Å². The first-order chi connectivity index (χ1) is 15.6. The van der Waals surface area contributed by atoms with Gasteiger partial charge in [0.1, 0.15) is 11.7 Å². The number of aromatic nitrogens is 1. The van der Waals surface area contributed by atoms with Gasteiger partial charge in [0, 0.05) is 31.9 Å². The van der Waals surface area contributed by atoms with E-state index in [1.165, 1.54) is 13.3 Å². The zero-order valence-corrected chi connectivity index (χ0v) is 18.8. The van der Waals surface area contributed by atoms with Gasteiger partial charge in [-0.1, -0.05) is 44.2 Å². The molecule has 2 saturated heterocycles. The van der Waals surface area contributed by atoms with Gasteiger partial charge in [0.2, 0.25) is 5.43 Å².